The van der Waals surface area contributed by atoms with E-state index in [2.05, 4.69) is 5.10 Å². The van der Waals surface area contributed by atoms with E-state index in [1.54, 1.807) is 25.1 Å². The van der Waals surface area contributed by atoms with Crippen LogP contribution >= 0.6 is 11.6 Å². The monoisotopic (exact) mass is 400 g/mol. The minimum Gasteiger partial charge on any atom is -0.465 e. The standard InChI is InChI=1S/C21H18ClFN2O3/c1-13-11-15(7-8-18(13)23)19-12-16(21(27)28-2)20(26)25(24-19)10-9-14-5-3-4-6-17(14)22/h3-8,11-12H,9-10H2,1-2H3. The summed E-state index contributed by atoms with van der Waals surface area (Å²) in [7, 11) is 1.21. The van der Waals surface area contributed by atoms with Crippen molar-refractivity contribution < 1.29 is 13.9 Å². The van der Waals surface area contributed by atoms with Gasteiger partial charge in [-0.15, -0.1) is 0 Å². The average molecular weight is 401 g/mol. The molecule has 3 aromatic rings. The largest absolute Gasteiger partial charge is 0.465 e. The number of esters is 1. The number of hydrogen-bond acceptors (Lipinski definition) is 4. The van der Waals surface area contributed by atoms with Gasteiger partial charge in [-0.2, -0.15) is 5.10 Å². The highest BCUT2D eigenvalue weighted by Crippen LogP contribution is 2.21. The Labute approximate surface area is 166 Å². The minimum atomic E-state index is -0.751. The van der Waals surface area contributed by atoms with E-state index in [0.717, 1.165) is 5.56 Å². The van der Waals surface area contributed by atoms with Crippen LogP contribution in [0.2, 0.25) is 5.02 Å². The molecule has 28 heavy (non-hydrogen) atoms. The van der Waals surface area contributed by atoms with Crippen LogP contribution in [-0.4, -0.2) is 22.9 Å². The highest BCUT2D eigenvalue weighted by molar-refractivity contribution is 6.31. The van der Waals surface area contributed by atoms with Crippen LogP contribution in [-0.2, 0) is 17.7 Å². The first kappa shape index (κ1) is 19.8. The molecule has 0 amide bonds. The minimum absolute atomic E-state index is 0.131. The second-order valence-corrected chi connectivity index (χ2v) is 6.68. The number of carbonyl (C=O) groups is 1. The Morgan fingerprint density at radius 3 is 2.64 bits per heavy atom. The van der Waals surface area contributed by atoms with Crippen molar-refractivity contribution in [2.45, 2.75) is 19.9 Å². The van der Waals surface area contributed by atoms with E-state index in [-0.39, 0.29) is 17.9 Å². The fourth-order valence-corrected chi connectivity index (χ4v) is 3.05. The summed E-state index contributed by atoms with van der Waals surface area (Å²) in [6, 6.07) is 13.2. The van der Waals surface area contributed by atoms with Gasteiger partial charge in [0.05, 0.1) is 12.8 Å². The van der Waals surface area contributed by atoms with E-state index in [4.69, 9.17) is 16.3 Å². The smallest absolute Gasteiger partial charge is 0.343 e. The quantitative estimate of drug-likeness (QED) is 0.606. The number of methoxy groups -OCH3 is 1. The first-order chi connectivity index (χ1) is 13.4. The lowest BCUT2D eigenvalue weighted by atomic mass is 10.1. The van der Waals surface area contributed by atoms with E-state index < -0.39 is 11.5 Å². The topological polar surface area (TPSA) is 61.2 Å². The first-order valence-corrected chi connectivity index (χ1v) is 8.99. The highest BCUT2D eigenvalue weighted by atomic mass is 35.5. The Bertz CT molecular complexity index is 1100. The second kappa shape index (κ2) is 8.35. The summed E-state index contributed by atoms with van der Waals surface area (Å²) < 4.78 is 19.5. The molecule has 0 fully saturated rings. The number of aromatic nitrogens is 2. The molecule has 0 radical (unpaired) electrons. The zero-order valence-corrected chi connectivity index (χ0v) is 16.2. The van der Waals surface area contributed by atoms with Crippen LogP contribution in [0.15, 0.2) is 53.3 Å². The molecule has 0 saturated heterocycles. The van der Waals surface area contributed by atoms with Gasteiger partial charge in [-0.25, -0.2) is 13.9 Å². The fraction of sp³-hybridized carbons (Fsp3) is 0.190. The van der Waals surface area contributed by atoms with Gasteiger partial charge in [-0.1, -0.05) is 29.8 Å². The van der Waals surface area contributed by atoms with Gasteiger partial charge in [0.2, 0.25) is 0 Å². The second-order valence-electron chi connectivity index (χ2n) is 6.27. The molecule has 5 nitrogen and oxygen atoms in total. The van der Waals surface area contributed by atoms with E-state index in [1.807, 2.05) is 18.2 Å². The molecule has 0 saturated carbocycles. The van der Waals surface area contributed by atoms with Gasteiger partial charge < -0.3 is 4.74 Å². The molecule has 0 aliphatic rings. The molecule has 0 aliphatic carbocycles. The molecule has 0 unspecified atom stereocenters. The summed E-state index contributed by atoms with van der Waals surface area (Å²) in [4.78, 5) is 24.8. The lowest BCUT2D eigenvalue weighted by Gasteiger charge is -2.11. The van der Waals surface area contributed by atoms with Crippen molar-refractivity contribution in [3.05, 3.63) is 86.4 Å². The van der Waals surface area contributed by atoms with E-state index in [9.17, 15) is 14.0 Å². The van der Waals surface area contributed by atoms with Gasteiger partial charge in [-0.05, 0) is 54.8 Å². The maximum Gasteiger partial charge on any atom is 0.343 e. The number of aryl methyl sites for hydroxylation is 3. The zero-order chi connectivity index (χ0) is 20.3. The normalized spacial score (nSPS) is 10.7. The highest BCUT2D eigenvalue weighted by Gasteiger charge is 2.17. The third-order valence-corrected chi connectivity index (χ3v) is 4.75. The third kappa shape index (κ3) is 4.12. The predicted molar refractivity (Wildman–Crippen MR) is 105 cm³/mol. The molecule has 7 heteroatoms. The Morgan fingerprint density at radius 1 is 1.21 bits per heavy atom. The Kier molecular flexibility index (Phi) is 5.90. The molecule has 0 aliphatic heterocycles. The van der Waals surface area contributed by atoms with Gasteiger partial charge in [0.25, 0.3) is 5.56 Å². The average Bonchev–Trinajstić information content (AvgIpc) is 2.69. The van der Waals surface area contributed by atoms with Crippen molar-refractivity contribution >= 4 is 17.6 Å². The van der Waals surface area contributed by atoms with Gasteiger partial charge in [-0.3, -0.25) is 4.79 Å². The van der Waals surface area contributed by atoms with Crippen LogP contribution in [0.3, 0.4) is 0 Å². The summed E-state index contributed by atoms with van der Waals surface area (Å²) in [6.45, 7) is 1.86. The van der Waals surface area contributed by atoms with Crippen molar-refractivity contribution in [1.29, 1.82) is 0 Å². The van der Waals surface area contributed by atoms with Crippen LogP contribution < -0.4 is 5.56 Å². The summed E-state index contributed by atoms with van der Waals surface area (Å²) >= 11 is 6.18. The van der Waals surface area contributed by atoms with Gasteiger partial charge in [0, 0.05) is 17.1 Å². The van der Waals surface area contributed by atoms with Crippen molar-refractivity contribution in [1.82, 2.24) is 9.78 Å². The van der Waals surface area contributed by atoms with Crippen molar-refractivity contribution in [2.75, 3.05) is 7.11 Å². The van der Waals surface area contributed by atoms with Crippen LogP contribution in [0, 0.1) is 12.7 Å². The Morgan fingerprint density at radius 2 is 1.96 bits per heavy atom. The molecule has 1 aromatic heterocycles. The summed E-state index contributed by atoms with van der Waals surface area (Å²) in [6.07, 6.45) is 0.457. The molecular formula is C21H18ClFN2O3. The molecule has 0 bridgehead atoms. The lowest BCUT2D eigenvalue weighted by molar-refractivity contribution is 0.0597. The van der Waals surface area contributed by atoms with Crippen LogP contribution in [0.4, 0.5) is 4.39 Å². The number of rotatable bonds is 5. The number of carbonyl (C=O) groups excluding carboxylic acids is 1. The number of halogens is 2. The van der Waals surface area contributed by atoms with Crippen molar-refractivity contribution in [3.63, 3.8) is 0 Å². The molecular weight excluding hydrogens is 383 g/mol. The van der Waals surface area contributed by atoms with Crippen molar-refractivity contribution in [3.8, 4) is 11.3 Å². The van der Waals surface area contributed by atoms with Gasteiger partial charge in [0.15, 0.2) is 0 Å². The van der Waals surface area contributed by atoms with Crippen molar-refractivity contribution in [2.24, 2.45) is 0 Å². The maximum absolute atomic E-state index is 13.6. The van der Waals surface area contributed by atoms with E-state index in [1.165, 1.54) is 23.9 Å². The Hall–Kier alpha value is -2.99. The molecule has 144 valence electrons. The predicted octanol–water partition coefficient (Wildman–Crippen LogP) is 4.04. The summed E-state index contributed by atoms with van der Waals surface area (Å²) in [5, 5.41) is 4.96. The van der Waals surface area contributed by atoms with E-state index in [0.29, 0.717) is 28.3 Å². The number of benzene rings is 2. The molecule has 0 N–H and O–H groups in total. The van der Waals surface area contributed by atoms with Crippen LogP contribution in [0.5, 0.6) is 0 Å². The van der Waals surface area contributed by atoms with E-state index >= 15 is 0 Å². The molecule has 2 aromatic carbocycles. The van der Waals surface area contributed by atoms with Crippen LogP contribution in [0.25, 0.3) is 11.3 Å². The number of nitrogens with zero attached hydrogens (tertiary/aromatic N) is 2. The Balaban J connectivity index is 2.05. The molecule has 0 atom stereocenters. The summed E-state index contributed by atoms with van der Waals surface area (Å²) in [5.74, 6) is -1.09. The maximum atomic E-state index is 13.6. The summed E-state index contributed by atoms with van der Waals surface area (Å²) in [5.41, 5.74) is 1.58. The lowest BCUT2D eigenvalue weighted by Crippen LogP contribution is -2.30. The van der Waals surface area contributed by atoms with Crippen LogP contribution in [0.1, 0.15) is 21.5 Å². The molecule has 0 spiro atoms. The third-order valence-electron chi connectivity index (χ3n) is 4.38. The fourth-order valence-electron chi connectivity index (χ4n) is 2.82. The van der Waals surface area contributed by atoms with Gasteiger partial charge >= 0.3 is 5.97 Å². The zero-order valence-electron chi connectivity index (χ0n) is 15.4. The molecule has 3 rings (SSSR count). The van der Waals surface area contributed by atoms with Gasteiger partial charge in [0.1, 0.15) is 11.4 Å². The molecule has 1 heterocycles. The number of hydrogen-bond donors (Lipinski definition) is 0. The first-order valence-electron chi connectivity index (χ1n) is 8.61. The number of ether oxygens (including phenoxy) is 1. The SMILES string of the molecule is COC(=O)c1cc(-c2ccc(F)c(C)c2)nn(CCc2ccccc2Cl)c1=O.